The number of benzene rings is 2. The lowest BCUT2D eigenvalue weighted by atomic mass is 10.1. The van der Waals surface area contributed by atoms with E-state index in [2.05, 4.69) is 95.0 Å². The molecule has 0 aliphatic rings. The molecule has 2 heterocycles. The van der Waals surface area contributed by atoms with Crippen LogP contribution >= 0.6 is 24.0 Å². The molecule has 0 unspecified atom stereocenters. The van der Waals surface area contributed by atoms with Crippen molar-refractivity contribution in [3.05, 3.63) is 60.2 Å². The summed E-state index contributed by atoms with van der Waals surface area (Å²) in [7, 11) is 8.73. The second-order valence-corrected chi connectivity index (χ2v) is 7.25. The second kappa shape index (κ2) is 11.3. The topological polar surface area (TPSA) is 17.6 Å². The highest BCUT2D eigenvalue weighted by molar-refractivity contribution is 14.0. The second-order valence-electron chi connectivity index (χ2n) is 7.25. The summed E-state index contributed by atoms with van der Waals surface area (Å²) in [5, 5.41) is 0. The van der Waals surface area contributed by atoms with Crippen LogP contribution in [0.4, 0.5) is 0 Å². The van der Waals surface area contributed by atoms with Crippen molar-refractivity contribution in [3.8, 4) is 0 Å². The molecule has 2 aromatic carbocycles. The van der Waals surface area contributed by atoms with Gasteiger partial charge < -0.3 is 48.0 Å². The maximum Gasteiger partial charge on any atom is 0.256 e. The van der Waals surface area contributed by atoms with Gasteiger partial charge in [-0.15, -0.1) is 24.0 Å². The standard InChI is InChI=1S/C22H28N4.3HI/c1-23-17-11-5-6-12-18(17)24(2)21(23)15-9-10-16-22-25(3)19-13-7-8-14-20(19)26(22)4;;;/h5-8,11-14H,9-10,15-16H2,1-4H3;3*1H/q+2;;;/p-2. The fraction of sp³-hybridized carbons (Fsp3) is 0.364. The molecule has 0 aliphatic heterocycles. The normalized spacial score (nSPS) is 10.5. The number of rotatable bonds is 5. The first-order valence-electron chi connectivity index (χ1n) is 9.44. The average Bonchev–Trinajstić information content (AvgIpc) is 3.06. The lowest BCUT2D eigenvalue weighted by molar-refractivity contribution is -0.654. The third-order valence-electron chi connectivity index (χ3n) is 5.81. The molecule has 0 fully saturated rings. The van der Waals surface area contributed by atoms with Gasteiger partial charge in [0.25, 0.3) is 11.6 Å². The largest absolute Gasteiger partial charge is 1.00 e. The van der Waals surface area contributed by atoms with Crippen molar-refractivity contribution in [2.45, 2.75) is 25.7 Å². The molecule has 0 saturated heterocycles. The van der Waals surface area contributed by atoms with Crippen LogP contribution in [0.15, 0.2) is 48.5 Å². The highest BCUT2D eigenvalue weighted by atomic mass is 127. The molecule has 0 amide bonds. The molecule has 4 nitrogen and oxygen atoms in total. The van der Waals surface area contributed by atoms with E-state index in [1.165, 1.54) is 46.6 Å². The van der Waals surface area contributed by atoms with Crippen LogP contribution in [0.5, 0.6) is 0 Å². The Morgan fingerprint density at radius 1 is 0.655 bits per heavy atom. The van der Waals surface area contributed by atoms with E-state index in [-0.39, 0.29) is 71.9 Å². The molecule has 7 heteroatoms. The van der Waals surface area contributed by atoms with Crippen molar-refractivity contribution in [1.82, 2.24) is 9.13 Å². The highest BCUT2D eigenvalue weighted by Crippen LogP contribution is 2.16. The van der Waals surface area contributed by atoms with Gasteiger partial charge in [0.1, 0.15) is 0 Å². The van der Waals surface area contributed by atoms with Crippen molar-refractivity contribution < 1.29 is 57.1 Å². The summed E-state index contributed by atoms with van der Waals surface area (Å²) >= 11 is 0. The fourth-order valence-electron chi connectivity index (χ4n) is 4.31. The number of halogens is 3. The Labute approximate surface area is 224 Å². The van der Waals surface area contributed by atoms with Crippen LogP contribution in [0.1, 0.15) is 24.5 Å². The number of aryl methyl sites for hydroxylation is 4. The molecule has 0 spiro atoms. The third-order valence-corrected chi connectivity index (χ3v) is 5.81. The van der Waals surface area contributed by atoms with Gasteiger partial charge in [-0.2, -0.15) is 0 Å². The Morgan fingerprint density at radius 2 is 1.00 bits per heavy atom. The number of nitrogens with zero attached hydrogens (tertiary/aromatic N) is 4. The van der Waals surface area contributed by atoms with Gasteiger partial charge in [0.05, 0.1) is 28.2 Å². The number of hydrogen-bond acceptors (Lipinski definition) is 0. The Balaban J connectivity index is 0.00000140. The van der Waals surface area contributed by atoms with Crippen LogP contribution in [0.3, 0.4) is 0 Å². The SMILES string of the molecule is Cn1c(CCCCc2n(C)c3ccccc3[n+]2C)[n+](C)c2ccccc21.I.[I-].[I-]. The van der Waals surface area contributed by atoms with Crippen molar-refractivity contribution in [2.75, 3.05) is 0 Å². The first-order valence-corrected chi connectivity index (χ1v) is 9.44. The lowest BCUT2D eigenvalue weighted by Crippen LogP contribution is -3.00. The van der Waals surface area contributed by atoms with Gasteiger partial charge in [-0.3, -0.25) is 0 Å². The van der Waals surface area contributed by atoms with E-state index in [1.54, 1.807) is 0 Å². The summed E-state index contributed by atoms with van der Waals surface area (Å²) < 4.78 is 9.36. The number of fused-ring (bicyclic) bond motifs is 2. The summed E-state index contributed by atoms with van der Waals surface area (Å²) in [6, 6.07) is 17.3. The molecule has 2 aromatic heterocycles. The molecular formula is C22H29I3N4. The monoisotopic (exact) mass is 730 g/mol. The minimum absolute atomic E-state index is 0. The Hall–Kier alpha value is -0.430. The van der Waals surface area contributed by atoms with Crippen molar-refractivity contribution in [2.24, 2.45) is 28.2 Å². The van der Waals surface area contributed by atoms with Crippen LogP contribution in [0, 0.1) is 0 Å². The molecular weight excluding hydrogens is 701 g/mol. The van der Waals surface area contributed by atoms with Gasteiger partial charge in [0, 0.05) is 12.8 Å². The van der Waals surface area contributed by atoms with Crippen LogP contribution in [-0.2, 0) is 41.0 Å². The van der Waals surface area contributed by atoms with Gasteiger partial charge in [-0.05, 0) is 37.1 Å². The Bertz CT molecular complexity index is 933. The maximum atomic E-state index is 2.34. The van der Waals surface area contributed by atoms with E-state index in [0.29, 0.717) is 0 Å². The Morgan fingerprint density at radius 3 is 1.34 bits per heavy atom. The van der Waals surface area contributed by atoms with Crippen molar-refractivity contribution >= 4 is 46.0 Å². The Kier molecular flexibility index (Phi) is 10.3. The van der Waals surface area contributed by atoms with Gasteiger partial charge in [0.2, 0.25) is 0 Å². The van der Waals surface area contributed by atoms with Crippen LogP contribution in [-0.4, -0.2) is 9.13 Å². The molecule has 0 aliphatic carbocycles. The number of para-hydroxylation sites is 4. The quantitative estimate of drug-likeness (QED) is 0.123. The van der Waals surface area contributed by atoms with E-state index in [9.17, 15) is 0 Å². The molecule has 0 bridgehead atoms. The van der Waals surface area contributed by atoms with Crippen LogP contribution in [0.2, 0.25) is 0 Å². The molecule has 4 rings (SSSR count). The van der Waals surface area contributed by atoms with Gasteiger partial charge in [0.15, 0.2) is 22.1 Å². The predicted octanol–water partition coefficient (Wildman–Crippen LogP) is -2.49. The average molecular weight is 730 g/mol. The summed E-state index contributed by atoms with van der Waals surface area (Å²) in [6.07, 6.45) is 4.60. The number of aromatic nitrogens is 4. The zero-order valence-corrected chi connectivity index (χ0v) is 24.0. The van der Waals surface area contributed by atoms with Gasteiger partial charge in [-0.1, -0.05) is 24.3 Å². The number of unbranched alkanes of at least 4 members (excludes halogenated alkanes) is 1. The van der Waals surface area contributed by atoms with E-state index in [4.69, 9.17) is 0 Å². The van der Waals surface area contributed by atoms with Gasteiger partial charge in [-0.25, -0.2) is 18.3 Å². The lowest BCUT2D eigenvalue weighted by Gasteiger charge is -2.00. The molecule has 29 heavy (non-hydrogen) atoms. The van der Waals surface area contributed by atoms with Gasteiger partial charge >= 0.3 is 0 Å². The molecule has 0 saturated carbocycles. The van der Waals surface area contributed by atoms with Crippen LogP contribution < -0.4 is 57.1 Å². The maximum absolute atomic E-state index is 2.34. The van der Waals surface area contributed by atoms with Crippen LogP contribution in [0.25, 0.3) is 22.1 Å². The van der Waals surface area contributed by atoms with E-state index < -0.39 is 0 Å². The summed E-state index contributed by atoms with van der Waals surface area (Å²) in [5.41, 5.74) is 5.24. The minimum Gasteiger partial charge on any atom is -1.00 e. The predicted molar refractivity (Wildman–Crippen MR) is 120 cm³/mol. The molecule has 158 valence electrons. The van der Waals surface area contributed by atoms with E-state index >= 15 is 0 Å². The minimum atomic E-state index is 0. The van der Waals surface area contributed by atoms with Crippen molar-refractivity contribution in [3.63, 3.8) is 0 Å². The molecule has 0 N–H and O–H groups in total. The molecule has 4 aromatic rings. The zero-order chi connectivity index (χ0) is 18.3. The number of imidazole rings is 2. The summed E-state index contributed by atoms with van der Waals surface area (Å²) in [5.74, 6) is 2.79. The molecule has 0 radical (unpaired) electrons. The van der Waals surface area contributed by atoms with E-state index in [1.807, 2.05) is 0 Å². The van der Waals surface area contributed by atoms with Crippen molar-refractivity contribution in [1.29, 1.82) is 0 Å². The smallest absolute Gasteiger partial charge is 0.256 e. The number of hydrogen-bond donors (Lipinski definition) is 0. The fourth-order valence-corrected chi connectivity index (χ4v) is 4.31. The first kappa shape index (κ1) is 26.6. The zero-order valence-electron chi connectivity index (χ0n) is 17.4. The molecule has 0 atom stereocenters. The summed E-state index contributed by atoms with van der Waals surface area (Å²) in [4.78, 5) is 0. The first-order chi connectivity index (χ1) is 12.6. The van der Waals surface area contributed by atoms with E-state index in [0.717, 1.165) is 12.8 Å². The third kappa shape index (κ3) is 4.91. The summed E-state index contributed by atoms with van der Waals surface area (Å²) in [6.45, 7) is 0. The highest BCUT2D eigenvalue weighted by Gasteiger charge is 2.21.